The van der Waals surface area contributed by atoms with Crippen molar-refractivity contribution in [2.75, 3.05) is 0 Å². The van der Waals surface area contributed by atoms with Crippen LogP contribution < -0.4 is 5.43 Å². The Morgan fingerprint density at radius 2 is 1.64 bits per heavy atom. The predicted molar refractivity (Wildman–Crippen MR) is 101 cm³/mol. The Morgan fingerprint density at radius 3 is 2.32 bits per heavy atom. The quantitative estimate of drug-likeness (QED) is 0.534. The zero-order chi connectivity index (χ0) is 17.6. The molecule has 3 aromatic carbocycles. The van der Waals surface area contributed by atoms with Crippen molar-refractivity contribution in [1.29, 1.82) is 0 Å². The first-order valence-corrected chi connectivity index (χ1v) is 8.33. The number of rotatable bonds is 5. The van der Waals surface area contributed by atoms with Crippen LogP contribution in [0.4, 0.5) is 0 Å². The standard InChI is InChI=1S/C21H20N2O2/c1-2-8-19(15-9-4-3-5-10-15)22-23-21(25)18-13-16-11-6-7-12-17(16)14-20(18)24/h3-7,9-14,24H,2,8H2,1H3,(H,23,25). The molecule has 0 aromatic heterocycles. The van der Waals surface area contributed by atoms with Crippen molar-refractivity contribution in [1.82, 2.24) is 5.43 Å². The zero-order valence-electron chi connectivity index (χ0n) is 14.1. The molecule has 0 spiro atoms. The molecule has 0 aliphatic carbocycles. The molecule has 126 valence electrons. The number of phenols is 1. The minimum absolute atomic E-state index is 0.0526. The predicted octanol–water partition coefficient (Wildman–Crippen LogP) is 4.48. The van der Waals surface area contributed by atoms with E-state index < -0.39 is 5.91 Å². The fourth-order valence-corrected chi connectivity index (χ4v) is 2.72. The van der Waals surface area contributed by atoms with Gasteiger partial charge in [-0.15, -0.1) is 0 Å². The van der Waals surface area contributed by atoms with Gasteiger partial charge >= 0.3 is 0 Å². The third kappa shape index (κ3) is 3.86. The molecule has 4 heteroatoms. The van der Waals surface area contributed by atoms with E-state index in [-0.39, 0.29) is 11.3 Å². The molecule has 0 radical (unpaired) electrons. The number of amides is 1. The van der Waals surface area contributed by atoms with E-state index in [0.29, 0.717) is 0 Å². The third-order valence-corrected chi connectivity index (χ3v) is 3.99. The van der Waals surface area contributed by atoms with Crippen LogP contribution in [-0.2, 0) is 0 Å². The molecule has 0 heterocycles. The van der Waals surface area contributed by atoms with Gasteiger partial charge < -0.3 is 5.11 Å². The van der Waals surface area contributed by atoms with Gasteiger partial charge in [-0.1, -0.05) is 67.9 Å². The van der Waals surface area contributed by atoms with Crippen LogP contribution in [0.3, 0.4) is 0 Å². The molecule has 0 aliphatic rings. The molecule has 25 heavy (non-hydrogen) atoms. The Bertz CT molecular complexity index is 918. The van der Waals surface area contributed by atoms with Crippen LogP contribution in [-0.4, -0.2) is 16.7 Å². The maximum Gasteiger partial charge on any atom is 0.275 e. The summed E-state index contributed by atoms with van der Waals surface area (Å²) in [6, 6.07) is 20.6. The molecule has 2 N–H and O–H groups in total. The summed E-state index contributed by atoms with van der Waals surface area (Å²) in [6.45, 7) is 2.06. The molecular formula is C21H20N2O2. The number of nitrogens with zero attached hydrogens (tertiary/aromatic N) is 1. The monoisotopic (exact) mass is 332 g/mol. The molecule has 3 aromatic rings. The van der Waals surface area contributed by atoms with E-state index in [4.69, 9.17) is 0 Å². The summed E-state index contributed by atoms with van der Waals surface area (Å²) >= 11 is 0. The molecular weight excluding hydrogens is 312 g/mol. The van der Waals surface area contributed by atoms with Crippen molar-refractivity contribution in [3.05, 3.63) is 77.9 Å². The van der Waals surface area contributed by atoms with Gasteiger partial charge in [0.25, 0.3) is 5.91 Å². The molecule has 0 saturated carbocycles. The van der Waals surface area contributed by atoms with Crippen LogP contribution in [0.2, 0.25) is 0 Å². The van der Waals surface area contributed by atoms with Crippen molar-refractivity contribution in [3.8, 4) is 5.75 Å². The smallest absolute Gasteiger partial charge is 0.275 e. The second-order valence-corrected chi connectivity index (χ2v) is 5.83. The number of nitrogens with one attached hydrogen (secondary N) is 1. The number of hydrazone groups is 1. The second-order valence-electron chi connectivity index (χ2n) is 5.83. The highest BCUT2D eigenvalue weighted by atomic mass is 16.3. The maximum absolute atomic E-state index is 12.5. The van der Waals surface area contributed by atoms with Gasteiger partial charge in [0.15, 0.2) is 0 Å². The van der Waals surface area contributed by atoms with Gasteiger partial charge in [-0.3, -0.25) is 4.79 Å². The summed E-state index contributed by atoms with van der Waals surface area (Å²) in [7, 11) is 0. The topological polar surface area (TPSA) is 61.7 Å². The summed E-state index contributed by atoms with van der Waals surface area (Å²) in [5.41, 5.74) is 4.59. The van der Waals surface area contributed by atoms with Gasteiger partial charge in [-0.25, -0.2) is 5.43 Å². The lowest BCUT2D eigenvalue weighted by molar-refractivity contribution is 0.0952. The lowest BCUT2D eigenvalue weighted by Crippen LogP contribution is -2.20. The number of aromatic hydroxyl groups is 1. The third-order valence-electron chi connectivity index (χ3n) is 3.99. The van der Waals surface area contributed by atoms with Crippen LogP contribution in [0.25, 0.3) is 10.8 Å². The van der Waals surface area contributed by atoms with E-state index in [0.717, 1.165) is 34.9 Å². The fraction of sp³-hybridized carbons (Fsp3) is 0.143. The van der Waals surface area contributed by atoms with Crippen LogP contribution in [0.1, 0.15) is 35.7 Å². The zero-order valence-corrected chi connectivity index (χ0v) is 14.1. The first-order valence-electron chi connectivity index (χ1n) is 8.33. The Morgan fingerprint density at radius 1 is 1.00 bits per heavy atom. The highest BCUT2D eigenvalue weighted by molar-refractivity contribution is 6.04. The normalized spacial score (nSPS) is 11.5. The van der Waals surface area contributed by atoms with Crippen LogP contribution >= 0.6 is 0 Å². The molecule has 1 amide bonds. The first kappa shape index (κ1) is 16.7. The number of carbonyl (C=O) groups is 1. The van der Waals surface area contributed by atoms with Crippen LogP contribution in [0.5, 0.6) is 5.75 Å². The van der Waals surface area contributed by atoms with Gasteiger partial charge in [0.1, 0.15) is 5.75 Å². The first-order chi connectivity index (χ1) is 12.2. The largest absolute Gasteiger partial charge is 0.507 e. The van der Waals surface area contributed by atoms with E-state index in [1.54, 1.807) is 12.1 Å². The molecule has 4 nitrogen and oxygen atoms in total. The van der Waals surface area contributed by atoms with E-state index in [9.17, 15) is 9.90 Å². The van der Waals surface area contributed by atoms with Gasteiger partial charge in [-0.05, 0) is 34.9 Å². The number of hydrogen-bond donors (Lipinski definition) is 2. The summed E-state index contributed by atoms with van der Waals surface area (Å²) in [5, 5.41) is 16.2. The molecule has 0 saturated heterocycles. The lowest BCUT2D eigenvalue weighted by atomic mass is 10.1. The van der Waals surface area contributed by atoms with E-state index >= 15 is 0 Å². The molecule has 3 rings (SSSR count). The second kappa shape index (κ2) is 7.62. The molecule has 0 aliphatic heterocycles. The highest BCUT2D eigenvalue weighted by Crippen LogP contribution is 2.24. The molecule has 0 unspecified atom stereocenters. The Hall–Kier alpha value is -3.14. The number of benzene rings is 3. The van der Waals surface area contributed by atoms with Gasteiger partial charge in [0, 0.05) is 0 Å². The summed E-state index contributed by atoms with van der Waals surface area (Å²) in [5.74, 6) is -0.476. The van der Waals surface area contributed by atoms with Crippen molar-refractivity contribution in [2.24, 2.45) is 5.10 Å². The fourth-order valence-electron chi connectivity index (χ4n) is 2.72. The van der Waals surface area contributed by atoms with Gasteiger partial charge in [0.2, 0.25) is 0 Å². The van der Waals surface area contributed by atoms with Crippen molar-refractivity contribution in [3.63, 3.8) is 0 Å². The minimum Gasteiger partial charge on any atom is -0.507 e. The Labute approximate surface area is 146 Å². The van der Waals surface area contributed by atoms with Gasteiger partial charge in [0.05, 0.1) is 11.3 Å². The molecule has 0 fully saturated rings. The molecule has 0 atom stereocenters. The number of hydrogen-bond acceptors (Lipinski definition) is 3. The average Bonchev–Trinajstić information content (AvgIpc) is 2.65. The number of phenolic OH excluding ortho intramolecular Hbond substituents is 1. The van der Waals surface area contributed by atoms with E-state index in [1.807, 2.05) is 54.6 Å². The highest BCUT2D eigenvalue weighted by Gasteiger charge is 2.12. The van der Waals surface area contributed by atoms with Crippen LogP contribution in [0.15, 0.2) is 71.8 Å². The summed E-state index contributed by atoms with van der Waals surface area (Å²) in [6.07, 6.45) is 1.68. The number of fused-ring (bicyclic) bond motifs is 1. The van der Waals surface area contributed by atoms with Crippen LogP contribution in [0, 0.1) is 0 Å². The van der Waals surface area contributed by atoms with E-state index in [2.05, 4.69) is 17.5 Å². The van der Waals surface area contributed by atoms with Crippen molar-refractivity contribution in [2.45, 2.75) is 19.8 Å². The Kier molecular flexibility index (Phi) is 5.09. The number of carbonyl (C=O) groups excluding carboxylic acids is 1. The van der Waals surface area contributed by atoms with Crippen molar-refractivity contribution < 1.29 is 9.90 Å². The average molecular weight is 332 g/mol. The van der Waals surface area contributed by atoms with Crippen molar-refractivity contribution >= 4 is 22.4 Å². The summed E-state index contributed by atoms with van der Waals surface area (Å²) in [4.78, 5) is 12.5. The minimum atomic E-state index is -0.423. The SMILES string of the molecule is CCCC(=NNC(=O)c1cc2ccccc2cc1O)c1ccccc1. The Balaban J connectivity index is 1.87. The lowest BCUT2D eigenvalue weighted by Gasteiger charge is -2.08. The van der Waals surface area contributed by atoms with E-state index in [1.165, 1.54) is 0 Å². The van der Waals surface area contributed by atoms with Gasteiger partial charge in [-0.2, -0.15) is 5.10 Å². The molecule has 0 bridgehead atoms. The maximum atomic E-state index is 12.5. The summed E-state index contributed by atoms with van der Waals surface area (Å²) < 4.78 is 0.